The van der Waals surface area contributed by atoms with E-state index in [1.54, 1.807) is 0 Å². The van der Waals surface area contributed by atoms with Crippen molar-refractivity contribution in [2.24, 2.45) is 0 Å². The number of fused-ring (bicyclic) bond motifs is 1. The minimum Gasteiger partial charge on any atom is -0.366 e. The molecule has 6 heteroatoms. The van der Waals surface area contributed by atoms with Gasteiger partial charge in [-0.15, -0.1) is 0 Å². The maximum Gasteiger partial charge on any atom is 0.250 e. The van der Waals surface area contributed by atoms with Crippen molar-refractivity contribution < 1.29 is 9.53 Å². The van der Waals surface area contributed by atoms with Gasteiger partial charge >= 0.3 is 0 Å². The molecule has 0 spiro atoms. The third kappa shape index (κ3) is 3.85. The Bertz CT molecular complexity index is 738. The van der Waals surface area contributed by atoms with Crippen molar-refractivity contribution in [2.75, 3.05) is 19.7 Å². The largest absolute Gasteiger partial charge is 0.366 e. The Morgan fingerprint density at radius 2 is 2.04 bits per heavy atom. The van der Waals surface area contributed by atoms with Gasteiger partial charge < -0.3 is 14.6 Å². The van der Waals surface area contributed by atoms with Gasteiger partial charge in [0, 0.05) is 25.2 Å². The lowest BCUT2D eigenvalue weighted by atomic mass is 10.2. The van der Waals surface area contributed by atoms with Crippen LogP contribution >= 0.6 is 0 Å². The van der Waals surface area contributed by atoms with Crippen molar-refractivity contribution in [2.45, 2.75) is 52.4 Å². The van der Waals surface area contributed by atoms with E-state index in [4.69, 9.17) is 9.72 Å². The van der Waals surface area contributed by atoms with E-state index in [-0.39, 0.29) is 11.9 Å². The molecule has 0 bridgehead atoms. The van der Waals surface area contributed by atoms with Gasteiger partial charge in [-0.05, 0) is 39.8 Å². The van der Waals surface area contributed by atoms with Crippen LogP contribution in [0.2, 0.25) is 0 Å². The predicted octanol–water partition coefficient (Wildman–Crippen LogP) is 2.34. The topological polar surface area (TPSA) is 59.4 Å². The van der Waals surface area contributed by atoms with E-state index in [0.717, 1.165) is 23.4 Å². The van der Waals surface area contributed by atoms with Crippen molar-refractivity contribution >= 4 is 16.9 Å². The van der Waals surface area contributed by atoms with Crippen LogP contribution in [0.25, 0.3) is 11.0 Å². The van der Waals surface area contributed by atoms with E-state index >= 15 is 0 Å². The zero-order chi connectivity index (χ0) is 18.0. The lowest BCUT2D eigenvalue weighted by molar-refractivity contribution is -0.139. The van der Waals surface area contributed by atoms with Crippen LogP contribution in [0.3, 0.4) is 0 Å². The van der Waals surface area contributed by atoms with Gasteiger partial charge in [-0.2, -0.15) is 0 Å². The minimum atomic E-state index is -0.409. The van der Waals surface area contributed by atoms with Crippen LogP contribution in [0.15, 0.2) is 24.3 Å². The Balaban J connectivity index is 1.70. The highest BCUT2D eigenvalue weighted by Gasteiger charge is 2.28. The number of hydrogen-bond acceptors (Lipinski definition) is 4. The molecule has 1 saturated heterocycles. The third-order valence-electron chi connectivity index (χ3n) is 4.73. The van der Waals surface area contributed by atoms with E-state index in [9.17, 15) is 4.79 Å². The molecule has 1 fully saturated rings. The Morgan fingerprint density at radius 1 is 1.28 bits per heavy atom. The summed E-state index contributed by atoms with van der Waals surface area (Å²) in [6, 6.07) is 8.77. The van der Waals surface area contributed by atoms with Gasteiger partial charge in [0.1, 0.15) is 11.9 Å². The zero-order valence-corrected chi connectivity index (χ0v) is 15.5. The Hall–Kier alpha value is -1.92. The summed E-state index contributed by atoms with van der Waals surface area (Å²) in [5.41, 5.74) is 2.06. The highest BCUT2D eigenvalue weighted by atomic mass is 16.5. The van der Waals surface area contributed by atoms with Gasteiger partial charge in [0.05, 0.1) is 24.2 Å². The summed E-state index contributed by atoms with van der Waals surface area (Å²) < 4.78 is 7.84. The van der Waals surface area contributed by atoms with Gasteiger partial charge in [-0.1, -0.05) is 12.1 Å². The van der Waals surface area contributed by atoms with Crippen LogP contribution in [-0.4, -0.2) is 52.2 Å². The van der Waals surface area contributed by atoms with E-state index < -0.39 is 6.10 Å². The van der Waals surface area contributed by atoms with Crippen molar-refractivity contribution in [3.63, 3.8) is 0 Å². The van der Waals surface area contributed by atoms with Crippen LogP contribution in [0.4, 0.5) is 0 Å². The molecule has 25 heavy (non-hydrogen) atoms. The van der Waals surface area contributed by atoms with Crippen molar-refractivity contribution in [3.05, 3.63) is 30.1 Å². The molecule has 3 rings (SSSR count). The molecule has 6 nitrogen and oxygen atoms in total. The van der Waals surface area contributed by atoms with Crippen LogP contribution in [0.1, 0.15) is 39.6 Å². The summed E-state index contributed by atoms with van der Waals surface area (Å²) in [7, 11) is 0. The molecule has 1 aliphatic rings. The number of morpholine rings is 1. The molecule has 1 aromatic carbocycles. The second-order valence-electron chi connectivity index (χ2n) is 7.15. The maximum atomic E-state index is 12.5. The van der Waals surface area contributed by atoms with Crippen molar-refractivity contribution in [1.82, 2.24) is 19.8 Å². The number of carbonyl (C=O) groups is 1. The third-order valence-corrected chi connectivity index (χ3v) is 4.73. The molecular formula is C19H28N4O2. The normalized spacial score (nSPS) is 19.0. The fourth-order valence-corrected chi connectivity index (χ4v) is 3.37. The number of benzene rings is 1. The first-order valence-electron chi connectivity index (χ1n) is 9.06. The molecule has 0 radical (unpaired) electrons. The second-order valence-corrected chi connectivity index (χ2v) is 7.15. The van der Waals surface area contributed by atoms with E-state index in [1.165, 1.54) is 0 Å². The molecular weight excluding hydrogens is 316 g/mol. The number of amides is 1. The van der Waals surface area contributed by atoms with E-state index in [2.05, 4.69) is 48.5 Å². The Morgan fingerprint density at radius 3 is 2.76 bits per heavy atom. The summed E-state index contributed by atoms with van der Waals surface area (Å²) in [6.45, 7) is 11.1. The first-order chi connectivity index (χ1) is 12.0. The van der Waals surface area contributed by atoms with Crippen molar-refractivity contribution in [1.29, 1.82) is 0 Å². The van der Waals surface area contributed by atoms with E-state index in [1.807, 2.05) is 18.2 Å². The average molecular weight is 344 g/mol. The van der Waals surface area contributed by atoms with Crippen LogP contribution in [-0.2, 0) is 16.1 Å². The summed E-state index contributed by atoms with van der Waals surface area (Å²) in [4.78, 5) is 19.5. The van der Waals surface area contributed by atoms with Gasteiger partial charge in [0.25, 0.3) is 5.91 Å². The number of ether oxygens (including phenoxy) is 1. The summed E-state index contributed by atoms with van der Waals surface area (Å²) in [6.07, 6.45) is -0.409. The summed E-state index contributed by atoms with van der Waals surface area (Å²) in [5.74, 6) is 0.814. The molecule has 136 valence electrons. The van der Waals surface area contributed by atoms with Gasteiger partial charge in [-0.25, -0.2) is 4.98 Å². The van der Waals surface area contributed by atoms with Crippen LogP contribution < -0.4 is 5.32 Å². The molecule has 0 aliphatic carbocycles. The zero-order valence-electron chi connectivity index (χ0n) is 15.5. The molecule has 1 amide bonds. The number of aromatic nitrogens is 2. The summed E-state index contributed by atoms with van der Waals surface area (Å²) in [5, 5.41) is 3.01. The van der Waals surface area contributed by atoms with E-state index in [0.29, 0.717) is 25.7 Å². The number of imidazole rings is 1. The number of nitrogens with zero attached hydrogens (tertiary/aromatic N) is 3. The number of para-hydroxylation sites is 2. The average Bonchev–Trinajstić information content (AvgIpc) is 2.98. The first-order valence-corrected chi connectivity index (χ1v) is 9.06. The minimum absolute atomic E-state index is 0.0623. The lowest BCUT2D eigenvalue weighted by Crippen LogP contribution is -2.51. The molecule has 2 aromatic rings. The Kier molecular flexibility index (Phi) is 5.39. The highest BCUT2D eigenvalue weighted by Crippen LogP contribution is 2.21. The molecule has 0 unspecified atom stereocenters. The molecule has 2 heterocycles. The monoisotopic (exact) mass is 344 g/mol. The van der Waals surface area contributed by atoms with Gasteiger partial charge in [-0.3, -0.25) is 9.69 Å². The van der Waals surface area contributed by atoms with Crippen molar-refractivity contribution in [3.8, 4) is 0 Å². The maximum absolute atomic E-state index is 12.5. The molecule has 0 saturated carbocycles. The first kappa shape index (κ1) is 17.9. The smallest absolute Gasteiger partial charge is 0.250 e. The standard InChI is InChI=1S/C19H28N4O2/c1-13(2)22-9-10-25-17(12-22)19(24)20-11-18-21-15-7-5-6-8-16(15)23(18)14(3)4/h5-8,13-14,17H,9-12H2,1-4H3,(H,20,24)/t17-/m1/s1. The predicted molar refractivity (Wildman–Crippen MR) is 98.4 cm³/mol. The lowest BCUT2D eigenvalue weighted by Gasteiger charge is -2.34. The second kappa shape index (κ2) is 7.54. The molecule has 1 N–H and O–H groups in total. The fraction of sp³-hybridized carbons (Fsp3) is 0.579. The highest BCUT2D eigenvalue weighted by molar-refractivity contribution is 5.81. The Labute approximate surface area is 149 Å². The van der Waals surface area contributed by atoms with Gasteiger partial charge in [0.15, 0.2) is 0 Å². The molecule has 1 aliphatic heterocycles. The quantitative estimate of drug-likeness (QED) is 0.904. The molecule has 1 aromatic heterocycles. The number of rotatable bonds is 5. The number of nitrogens with one attached hydrogen (secondary N) is 1. The van der Waals surface area contributed by atoms with Crippen LogP contribution in [0.5, 0.6) is 0 Å². The number of hydrogen-bond donors (Lipinski definition) is 1. The SMILES string of the molecule is CC(C)N1CCO[C@@H](C(=O)NCc2nc3ccccc3n2C(C)C)C1. The van der Waals surface area contributed by atoms with Crippen LogP contribution in [0, 0.1) is 0 Å². The molecule has 1 atom stereocenters. The number of carbonyl (C=O) groups excluding carboxylic acids is 1. The summed E-state index contributed by atoms with van der Waals surface area (Å²) >= 11 is 0. The van der Waals surface area contributed by atoms with Gasteiger partial charge in [0.2, 0.25) is 0 Å². The fourth-order valence-electron chi connectivity index (χ4n) is 3.37.